The Hall–Kier alpha value is -1.42. The molecule has 0 radical (unpaired) electrons. The number of rotatable bonds is 3. The van der Waals surface area contributed by atoms with E-state index in [-0.39, 0.29) is 5.91 Å². The summed E-state index contributed by atoms with van der Waals surface area (Å²) in [6.07, 6.45) is 7.92. The standard InChI is InChI=1S/C17H25N3O/c21-17(16-7-1-2-9-18-16)20-12-5-6-15(8-13-20)14-19-10-3-4-11-19/h1-2,7,9,15H,3-6,8,10-14H2. The van der Waals surface area contributed by atoms with E-state index < -0.39 is 0 Å². The van der Waals surface area contributed by atoms with E-state index in [1.54, 1.807) is 6.20 Å². The molecule has 3 heterocycles. The molecule has 1 aromatic rings. The fourth-order valence-electron chi connectivity index (χ4n) is 3.53. The van der Waals surface area contributed by atoms with Crippen LogP contribution in [0.5, 0.6) is 0 Å². The van der Waals surface area contributed by atoms with Gasteiger partial charge >= 0.3 is 0 Å². The van der Waals surface area contributed by atoms with Crippen LogP contribution in [0.4, 0.5) is 0 Å². The molecular weight excluding hydrogens is 262 g/mol. The molecule has 4 nitrogen and oxygen atoms in total. The Morgan fingerprint density at radius 1 is 1.10 bits per heavy atom. The van der Waals surface area contributed by atoms with Crippen LogP contribution in [0.15, 0.2) is 24.4 Å². The van der Waals surface area contributed by atoms with Crippen LogP contribution in [-0.4, -0.2) is 53.4 Å². The van der Waals surface area contributed by atoms with Gasteiger partial charge in [0.15, 0.2) is 0 Å². The SMILES string of the molecule is O=C(c1ccccn1)N1CCCC(CN2CCCC2)CC1. The molecule has 1 amide bonds. The zero-order chi connectivity index (χ0) is 14.5. The predicted molar refractivity (Wildman–Crippen MR) is 83.2 cm³/mol. The summed E-state index contributed by atoms with van der Waals surface area (Å²) < 4.78 is 0. The molecule has 0 bridgehead atoms. The Labute approximate surface area is 127 Å². The molecule has 0 N–H and O–H groups in total. The van der Waals surface area contributed by atoms with Gasteiger partial charge in [0, 0.05) is 25.8 Å². The average Bonchev–Trinajstić information content (AvgIpc) is 2.92. The van der Waals surface area contributed by atoms with E-state index in [9.17, 15) is 4.79 Å². The van der Waals surface area contributed by atoms with Gasteiger partial charge in [-0.15, -0.1) is 0 Å². The van der Waals surface area contributed by atoms with Crippen LogP contribution in [-0.2, 0) is 0 Å². The molecule has 2 aliphatic heterocycles. The van der Waals surface area contributed by atoms with Gasteiger partial charge in [-0.25, -0.2) is 0 Å². The Morgan fingerprint density at radius 3 is 2.71 bits per heavy atom. The second-order valence-electron chi connectivity index (χ2n) is 6.31. The van der Waals surface area contributed by atoms with Crippen molar-refractivity contribution in [2.75, 3.05) is 32.7 Å². The van der Waals surface area contributed by atoms with Crippen molar-refractivity contribution in [1.82, 2.24) is 14.8 Å². The Bertz CT molecular complexity index is 456. The average molecular weight is 287 g/mol. The van der Waals surface area contributed by atoms with Crippen molar-refractivity contribution in [3.05, 3.63) is 30.1 Å². The highest BCUT2D eigenvalue weighted by Gasteiger charge is 2.24. The van der Waals surface area contributed by atoms with Crippen LogP contribution >= 0.6 is 0 Å². The van der Waals surface area contributed by atoms with Crippen molar-refractivity contribution in [2.24, 2.45) is 5.92 Å². The lowest BCUT2D eigenvalue weighted by molar-refractivity contribution is 0.0753. The van der Waals surface area contributed by atoms with Gasteiger partial charge < -0.3 is 9.80 Å². The molecule has 4 heteroatoms. The Morgan fingerprint density at radius 2 is 1.95 bits per heavy atom. The third kappa shape index (κ3) is 3.82. The number of nitrogens with zero attached hydrogens (tertiary/aromatic N) is 3. The molecule has 0 spiro atoms. The molecular formula is C17H25N3O. The quantitative estimate of drug-likeness (QED) is 0.856. The van der Waals surface area contributed by atoms with Crippen LogP contribution in [0, 0.1) is 5.92 Å². The highest BCUT2D eigenvalue weighted by molar-refractivity contribution is 5.92. The summed E-state index contributed by atoms with van der Waals surface area (Å²) in [5.74, 6) is 0.849. The zero-order valence-electron chi connectivity index (χ0n) is 12.7. The summed E-state index contributed by atoms with van der Waals surface area (Å²) in [6, 6.07) is 5.55. The maximum atomic E-state index is 12.5. The molecule has 21 heavy (non-hydrogen) atoms. The lowest BCUT2D eigenvalue weighted by Crippen LogP contribution is -2.33. The van der Waals surface area contributed by atoms with Gasteiger partial charge in [-0.05, 0) is 63.2 Å². The molecule has 0 saturated carbocycles. The molecule has 114 valence electrons. The van der Waals surface area contributed by atoms with Crippen LogP contribution in [0.2, 0.25) is 0 Å². The maximum absolute atomic E-state index is 12.5. The van der Waals surface area contributed by atoms with Crippen molar-refractivity contribution in [3.63, 3.8) is 0 Å². The summed E-state index contributed by atoms with van der Waals surface area (Å²) in [5.41, 5.74) is 0.579. The van der Waals surface area contributed by atoms with Crippen LogP contribution < -0.4 is 0 Å². The van der Waals surface area contributed by atoms with Crippen molar-refractivity contribution >= 4 is 5.91 Å². The van der Waals surface area contributed by atoms with E-state index in [2.05, 4.69) is 9.88 Å². The number of carbonyl (C=O) groups is 1. The molecule has 2 fully saturated rings. The van der Waals surface area contributed by atoms with Gasteiger partial charge in [-0.3, -0.25) is 9.78 Å². The summed E-state index contributed by atoms with van der Waals surface area (Å²) in [5, 5.41) is 0. The first-order valence-electron chi connectivity index (χ1n) is 8.25. The van der Waals surface area contributed by atoms with Crippen molar-refractivity contribution in [3.8, 4) is 0 Å². The van der Waals surface area contributed by atoms with Crippen LogP contribution in [0.3, 0.4) is 0 Å². The van der Waals surface area contributed by atoms with Crippen molar-refractivity contribution in [1.29, 1.82) is 0 Å². The Balaban J connectivity index is 1.54. The minimum absolute atomic E-state index is 0.0948. The molecule has 1 aromatic heterocycles. The molecule has 2 saturated heterocycles. The number of hydrogen-bond acceptors (Lipinski definition) is 3. The zero-order valence-corrected chi connectivity index (χ0v) is 12.7. The number of aromatic nitrogens is 1. The summed E-state index contributed by atoms with van der Waals surface area (Å²) in [6.45, 7) is 5.53. The van der Waals surface area contributed by atoms with Gasteiger partial charge in [0.2, 0.25) is 0 Å². The van der Waals surface area contributed by atoms with Crippen molar-refractivity contribution in [2.45, 2.75) is 32.1 Å². The topological polar surface area (TPSA) is 36.4 Å². The summed E-state index contributed by atoms with van der Waals surface area (Å²) >= 11 is 0. The second kappa shape index (κ2) is 7.03. The number of pyridine rings is 1. The fourth-order valence-corrected chi connectivity index (χ4v) is 3.53. The normalized spacial score (nSPS) is 24.0. The van der Waals surface area contributed by atoms with Crippen LogP contribution in [0.1, 0.15) is 42.6 Å². The lowest BCUT2D eigenvalue weighted by atomic mass is 10.0. The van der Waals surface area contributed by atoms with E-state index in [0.717, 1.165) is 31.8 Å². The number of hydrogen-bond donors (Lipinski definition) is 0. The molecule has 0 aromatic carbocycles. The first kappa shape index (κ1) is 14.5. The number of amides is 1. The maximum Gasteiger partial charge on any atom is 0.272 e. The molecule has 2 aliphatic rings. The highest BCUT2D eigenvalue weighted by atomic mass is 16.2. The van der Waals surface area contributed by atoms with Crippen LogP contribution in [0.25, 0.3) is 0 Å². The van der Waals surface area contributed by atoms with E-state index in [0.29, 0.717) is 5.69 Å². The summed E-state index contributed by atoms with van der Waals surface area (Å²) in [4.78, 5) is 21.2. The van der Waals surface area contributed by atoms with E-state index in [4.69, 9.17) is 0 Å². The van der Waals surface area contributed by atoms with Gasteiger partial charge in [0.1, 0.15) is 5.69 Å². The predicted octanol–water partition coefficient (Wildman–Crippen LogP) is 2.42. The van der Waals surface area contributed by atoms with E-state index >= 15 is 0 Å². The first-order valence-corrected chi connectivity index (χ1v) is 8.25. The van der Waals surface area contributed by atoms with Gasteiger partial charge in [0.25, 0.3) is 5.91 Å². The number of likely N-dealkylation sites (tertiary alicyclic amines) is 2. The van der Waals surface area contributed by atoms with E-state index in [1.165, 1.54) is 38.9 Å². The smallest absolute Gasteiger partial charge is 0.272 e. The van der Waals surface area contributed by atoms with E-state index in [1.807, 2.05) is 23.1 Å². The molecule has 1 atom stereocenters. The fraction of sp³-hybridized carbons (Fsp3) is 0.647. The van der Waals surface area contributed by atoms with Gasteiger partial charge in [0.05, 0.1) is 0 Å². The third-order valence-corrected chi connectivity index (χ3v) is 4.73. The Kier molecular flexibility index (Phi) is 4.86. The minimum Gasteiger partial charge on any atom is -0.337 e. The first-order chi connectivity index (χ1) is 10.3. The van der Waals surface area contributed by atoms with Crippen molar-refractivity contribution < 1.29 is 4.79 Å². The largest absolute Gasteiger partial charge is 0.337 e. The highest BCUT2D eigenvalue weighted by Crippen LogP contribution is 2.21. The minimum atomic E-state index is 0.0948. The third-order valence-electron chi connectivity index (χ3n) is 4.73. The molecule has 0 aliphatic carbocycles. The monoisotopic (exact) mass is 287 g/mol. The summed E-state index contributed by atoms with van der Waals surface area (Å²) in [7, 11) is 0. The van der Waals surface area contributed by atoms with Gasteiger partial charge in [-0.2, -0.15) is 0 Å². The van der Waals surface area contributed by atoms with Gasteiger partial charge in [-0.1, -0.05) is 6.07 Å². The number of carbonyl (C=O) groups excluding carboxylic acids is 1. The second-order valence-corrected chi connectivity index (χ2v) is 6.31. The molecule has 3 rings (SSSR count). The lowest BCUT2D eigenvalue weighted by Gasteiger charge is -2.23. The molecule has 1 unspecified atom stereocenters.